The Morgan fingerprint density at radius 2 is 2.12 bits per heavy atom. The average Bonchev–Trinajstić information content (AvgIpc) is 2.80. The molecular weight excluding hydrogens is 212 g/mol. The number of hydrogen-bond acceptors (Lipinski definition) is 2. The van der Waals surface area contributed by atoms with Crippen molar-refractivity contribution >= 4 is 5.97 Å². The number of esters is 1. The number of allylic oxidation sites excluding steroid dienone is 1. The van der Waals surface area contributed by atoms with Crippen LogP contribution in [0.25, 0.3) is 0 Å². The summed E-state index contributed by atoms with van der Waals surface area (Å²) in [5, 5.41) is 0. The largest absolute Gasteiger partial charge is 0.458 e. The highest BCUT2D eigenvalue weighted by atomic mass is 16.5. The van der Waals surface area contributed by atoms with Gasteiger partial charge in [-0.1, -0.05) is 19.9 Å². The van der Waals surface area contributed by atoms with Crippen LogP contribution in [0.2, 0.25) is 0 Å². The molecule has 1 spiro atoms. The summed E-state index contributed by atoms with van der Waals surface area (Å²) in [5.41, 5.74) is 0.487. The van der Waals surface area contributed by atoms with E-state index in [1.54, 1.807) is 0 Å². The van der Waals surface area contributed by atoms with Gasteiger partial charge in [0, 0.05) is 17.8 Å². The van der Waals surface area contributed by atoms with Gasteiger partial charge < -0.3 is 4.74 Å². The van der Waals surface area contributed by atoms with Crippen LogP contribution < -0.4 is 0 Å². The maximum absolute atomic E-state index is 11.2. The Hall–Kier alpha value is -0.790. The van der Waals surface area contributed by atoms with Gasteiger partial charge in [-0.3, -0.25) is 4.79 Å². The summed E-state index contributed by atoms with van der Waals surface area (Å²) >= 11 is 0. The van der Waals surface area contributed by atoms with Crippen LogP contribution in [0.3, 0.4) is 0 Å². The van der Waals surface area contributed by atoms with Crippen molar-refractivity contribution in [3.05, 3.63) is 12.2 Å². The zero-order valence-electron chi connectivity index (χ0n) is 11.0. The molecule has 0 bridgehead atoms. The van der Waals surface area contributed by atoms with Gasteiger partial charge in [0.2, 0.25) is 0 Å². The Morgan fingerprint density at radius 3 is 2.82 bits per heavy atom. The maximum atomic E-state index is 11.2. The molecule has 2 saturated carbocycles. The van der Waals surface area contributed by atoms with E-state index in [1.165, 1.54) is 32.6 Å². The van der Waals surface area contributed by atoms with Gasteiger partial charge in [-0.15, -0.1) is 0 Å². The zero-order chi connectivity index (χ0) is 12.3. The molecule has 2 fully saturated rings. The Labute approximate surface area is 103 Å². The average molecular weight is 234 g/mol. The number of carbonyl (C=O) groups excluding carboxylic acids is 1. The first kappa shape index (κ1) is 11.3. The second-order valence-corrected chi connectivity index (χ2v) is 6.51. The number of ether oxygens (including phenoxy) is 1. The van der Waals surface area contributed by atoms with Gasteiger partial charge in [-0.25, -0.2) is 0 Å². The van der Waals surface area contributed by atoms with Crippen LogP contribution in [0.15, 0.2) is 12.2 Å². The Bertz CT molecular complexity index is 386. The van der Waals surface area contributed by atoms with E-state index in [9.17, 15) is 4.79 Å². The fourth-order valence-electron chi connectivity index (χ4n) is 4.92. The molecule has 2 unspecified atom stereocenters. The molecule has 3 aliphatic carbocycles. The van der Waals surface area contributed by atoms with E-state index >= 15 is 0 Å². The Kier molecular flexibility index (Phi) is 2.24. The highest BCUT2D eigenvalue weighted by Crippen LogP contribution is 2.70. The molecule has 0 N–H and O–H groups in total. The second kappa shape index (κ2) is 3.37. The molecule has 0 amide bonds. The fourth-order valence-corrected chi connectivity index (χ4v) is 4.92. The van der Waals surface area contributed by atoms with Gasteiger partial charge in [-0.05, 0) is 43.6 Å². The molecule has 17 heavy (non-hydrogen) atoms. The van der Waals surface area contributed by atoms with Crippen LogP contribution in [0.1, 0.15) is 46.5 Å². The molecule has 94 valence electrons. The molecule has 0 saturated heterocycles. The third kappa shape index (κ3) is 1.24. The molecule has 0 aromatic rings. The van der Waals surface area contributed by atoms with E-state index in [0.717, 1.165) is 11.8 Å². The van der Waals surface area contributed by atoms with E-state index in [1.807, 2.05) is 0 Å². The fraction of sp³-hybridized carbons (Fsp3) is 0.800. The van der Waals surface area contributed by atoms with Crippen LogP contribution >= 0.6 is 0 Å². The highest BCUT2D eigenvalue weighted by Gasteiger charge is 2.65. The summed E-state index contributed by atoms with van der Waals surface area (Å²) in [6.07, 6.45) is 9.68. The topological polar surface area (TPSA) is 26.3 Å². The van der Waals surface area contributed by atoms with Crippen molar-refractivity contribution in [2.75, 3.05) is 0 Å². The van der Waals surface area contributed by atoms with Crippen molar-refractivity contribution < 1.29 is 9.53 Å². The monoisotopic (exact) mass is 234 g/mol. The third-order valence-electron chi connectivity index (χ3n) is 5.89. The smallest absolute Gasteiger partial charge is 0.303 e. The summed E-state index contributed by atoms with van der Waals surface area (Å²) in [7, 11) is 0. The third-order valence-corrected chi connectivity index (χ3v) is 5.89. The summed E-state index contributed by atoms with van der Waals surface area (Å²) in [6.45, 7) is 6.24. The van der Waals surface area contributed by atoms with Crippen LogP contribution in [0.5, 0.6) is 0 Å². The first-order valence-corrected chi connectivity index (χ1v) is 6.86. The first-order chi connectivity index (χ1) is 7.99. The normalized spacial score (nSPS) is 51.4. The Balaban J connectivity index is 1.94. The van der Waals surface area contributed by atoms with Crippen LogP contribution in [-0.4, -0.2) is 12.1 Å². The van der Waals surface area contributed by atoms with E-state index in [4.69, 9.17) is 4.74 Å². The predicted octanol–water partition coefficient (Wildman–Crippen LogP) is 3.32. The molecule has 0 heterocycles. The summed E-state index contributed by atoms with van der Waals surface area (Å²) < 4.78 is 5.54. The van der Waals surface area contributed by atoms with Gasteiger partial charge in [-0.2, -0.15) is 0 Å². The number of carbonyl (C=O) groups is 1. The maximum Gasteiger partial charge on any atom is 0.303 e. The molecule has 0 aromatic carbocycles. The molecule has 2 nitrogen and oxygen atoms in total. The lowest BCUT2D eigenvalue weighted by molar-refractivity contribution is -0.151. The molecule has 5 atom stereocenters. The predicted molar refractivity (Wildman–Crippen MR) is 66.4 cm³/mol. The molecule has 0 radical (unpaired) electrons. The summed E-state index contributed by atoms with van der Waals surface area (Å²) in [4.78, 5) is 11.2. The minimum atomic E-state index is -0.146. The van der Waals surface area contributed by atoms with Gasteiger partial charge in [0.1, 0.15) is 6.10 Å². The van der Waals surface area contributed by atoms with E-state index < -0.39 is 0 Å². The molecule has 0 aliphatic heterocycles. The van der Waals surface area contributed by atoms with E-state index in [2.05, 4.69) is 26.0 Å². The summed E-state index contributed by atoms with van der Waals surface area (Å²) in [6, 6.07) is 0. The van der Waals surface area contributed by atoms with E-state index in [-0.39, 0.29) is 17.5 Å². The van der Waals surface area contributed by atoms with Crippen LogP contribution in [0, 0.1) is 22.7 Å². The van der Waals surface area contributed by atoms with Gasteiger partial charge in [0.05, 0.1) is 0 Å². The van der Waals surface area contributed by atoms with Crippen LogP contribution in [-0.2, 0) is 9.53 Å². The van der Waals surface area contributed by atoms with Crippen molar-refractivity contribution in [2.24, 2.45) is 22.7 Å². The first-order valence-electron chi connectivity index (χ1n) is 6.86. The van der Waals surface area contributed by atoms with Crippen molar-refractivity contribution in [3.8, 4) is 0 Å². The standard InChI is InChI=1S/C15H22O2/c1-10-4-8-15-9-6-13(17-11(2)16)14(15,3)7-5-12(10)15/h6,9-10,12-13H,4-5,7-8H2,1-3H3/t10-,12+,13?,14+,15?/m1/s1. The number of hydrogen-bond donors (Lipinski definition) is 0. The van der Waals surface area contributed by atoms with Gasteiger partial charge in [0.15, 0.2) is 0 Å². The SMILES string of the molecule is CC(=O)OC1C=CC23CC[C@@H](C)[C@@H]2CC[C@@]13C. The summed E-state index contributed by atoms with van der Waals surface area (Å²) in [5.74, 6) is 1.49. The number of rotatable bonds is 1. The van der Waals surface area contributed by atoms with Gasteiger partial charge in [0.25, 0.3) is 0 Å². The lowest BCUT2D eigenvalue weighted by Gasteiger charge is -2.41. The molecule has 0 aromatic heterocycles. The van der Waals surface area contributed by atoms with Gasteiger partial charge >= 0.3 is 5.97 Å². The van der Waals surface area contributed by atoms with Crippen molar-refractivity contribution in [2.45, 2.75) is 52.6 Å². The second-order valence-electron chi connectivity index (χ2n) is 6.51. The van der Waals surface area contributed by atoms with Crippen molar-refractivity contribution in [1.82, 2.24) is 0 Å². The minimum Gasteiger partial charge on any atom is -0.458 e. The lowest BCUT2D eigenvalue weighted by atomic mass is 9.65. The zero-order valence-corrected chi connectivity index (χ0v) is 11.0. The minimum absolute atomic E-state index is 0.00954. The quantitative estimate of drug-likeness (QED) is 0.514. The van der Waals surface area contributed by atoms with E-state index in [0.29, 0.717) is 5.41 Å². The molecule has 2 heteroatoms. The Morgan fingerprint density at radius 1 is 1.35 bits per heavy atom. The van der Waals surface area contributed by atoms with Crippen LogP contribution in [0.4, 0.5) is 0 Å². The highest BCUT2D eigenvalue weighted by molar-refractivity contribution is 5.66. The molecule has 3 aliphatic rings. The van der Waals surface area contributed by atoms with Crippen molar-refractivity contribution in [1.29, 1.82) is 0 Å². The lowest BCUT2D eigenvalue weighted by Crippen LogP contribution is -2.41. The molecular formula is C15H22O2. The van der Waals surface area contributed by atoms with Crippen molar-refractivity contribution in [3.63, 3.8) is 0 Å². The molecule has 3 rings (SSSR count).